The molecule has 0 saturated heterocycles. The van der Waals surface area contributed by atoms with E-state index in [-0.39, 0.29) is 34.4 Å². The van der Waals surface area contributed by atoms with Crippen LogP contribution in [0.5, 0.6) is 0 Å². The third kappa shape index (κ3) is 4.62. The number of fused-ring (bicyclic) bond motifs is 6. The second-order valence-electron chi connectivity index (χ2n) is 8.97. The van der Waals surface area contributed by atoms with Gasteiger partial charge in [0.05, 0.1) is 33.5 Å². The van der Waals surface area contributed by atoms with E-state index in [0.717, 1.165) is 5.52 Å². The molecule has 200 valence electrons. The number of benzene rings is 4. The van der Waals surface area contributed by atoms with Crippen LogP contribution in [0.4, 0.5) is 11.4 Å². The topological polar surface area (TPSA) is 152 Å². The molecular formula is C30H18N4O4S3. The van der Waals surface area contributed by atoms with Crippen LogP contribution in [0.2, 0.25) is 0 Å². The van der Waals surface area contributed by atoms with Crippen molar-refractivity contribution in [3.63, 3.8) is 0 Å². The summed E-state index contributed by atoms with van der Waals surface area (Å²) in [7, 11) is 0. The Bertz CT molecular complexity index is 2050. The van der Waals surface area contributed by atoms with Crippen LogP contribution < -0.4 is 11.5 Å². The number of H-pyrrole nitrogens is 2. The van der Waals surface area contributed by atoms with Gasteiger partial charge in [0.15, 0.2) is 27.9 Å². The lowest BCUT2D eigenvalue weighted by atomic mass is 9.83. The quantitative estimate of drug-likeness (QED) is 0.129. The molecule has 5 aromatic rings. The summed E-state index contributed by atoms with van der Waals surface area (Å²) in [5.74, 6) is -0.708. The first kappa shape index (κ1) is 27.6. The van der Waals surface area contributed by atoms with E-state index >= 15 is 0 Å². The molecule has 4 aromatic carbocycles. The maximum Gasteiger partial charge on any atom is 0.196 e. The van der Waals surface area contributed by atoms with Gasteiger partial charge in [0.25, 0.3) is 0 Å². The zero-order chi connectivity index (χ0) is 29.4. The number of imidazole rings is 1. The highest BCUT2D eigenvalue weighted by Crippen LogP contribution is 2.34. The van der Waals surface area contributed by atoms with Crippen molar-refractivity contribution in [3.05, 3.63) is 122 Å². The molecule has 1 aromatic heterocycles. The first-order valence-electron chi connectivity index (χ1n) is 12.0. The summed E-state index contributed by atoms with van der Waals surface area (Å²) in [6, 6.07) is 20.1. The van der Waals surface area contributed by atoms with Gasteiger partial charge in [-0.2, -0.15) is 0 Å². The molecule has 0 aliphatic heterocycles. The molecule has 0 fully saturated rings. The standard InChI is InChI=1S/C15H8N2O2S.C14H10N2O2.CS2/c18-13-7-3-1-2-4-8(7)14(19)11-9(13)5-6-10-12(11)17-15(20)16-10;15-10-6-5-9-11(12(10)16)14(18)8-4-2-1-3-7(8)13(9)17;2-1-3/h1-6H,(H2,16,17,20);1-6H,15-16H2;. The fraction of sp³-hybridized carbons (Fsp3) is 0. The Morgan fingerprint density at radius 3 is 1.54 bits per heavy atom. The van der Waals surface area contributed by atoms with Gasteiger partial charge in [-0.25, -0.2) is 0 Å². The summed E-state index contributed by atoms with van der Waals surface area (Å²) in [5, 5.41) is 0. The molecule has 0 radical (unpaired) electrons. The van der Waals surface area contributed by atoms with Gasteiger partial charge >= 0.3 is 0 Å². The van der Waals surface area contributed by atoms with Gasteiger partial charge in [0.2, 0.25) is 0 Å². The molecule has 6 N–H and O–H groups in total. The SMILES string of the molecule is Nc1ccc2c(c1N)C(=O)c1ccccc1C2=O.O=C1c2ccccc2C(=O)c2c1ccc1[nH]c(=S)[nH]c21.S=C=S. The number of anilines is 2. The molecule has 0 atom stereocenters. The summed E-state index contributed by atoms with van der Waals surface area (Å²) in [6.45, 7) is 0. The number of thiocarbonyl (C=S) groups is 2. The lowest BCUT2D eigenvalue weighted by molar-refractivity contribution is 0.0980. The van der Waals surface area contributed by atoms with Crippen molar-refractivity contribution in [3.8, 4) is 0 Å². The first-order valence-corrected chi connectivity index (χ1v) is 13.2. The predicted molar refractivity (Wildman–Crippen MR) is 166 cm³/mol. The van der Waals surface area contributed by atoms with E-state index in [9.17, 15) is 19.2 Å². The van der Waals surface area contributed by atoms with Gasteiger partial charge in [-0.05, 0) is 60.9 Å². The average Bonchev–Trinajstić information content (AvgIpc) is 3.37. The van der Waals surface area contributed by atoms with Crippen molar-refractivity contribution in [2.24, 2.45) is 0 Å². The van der Waals surface area contributed by atoms with Gasteiger partial charge in [0, 0.05) is 37.7 Å². The third-order valence-electron chi connectivity index (χ3n) is 6.75. The average molecular weight is 595 g/mol. The number of carbonyl (C=O) groups excluding carboxylic acids is 4. The number of carbonyl (C=O) groups is 4. The Labute approximate surface area is 248 Å². The minimum Gasteiger partial charge on any atom is -0.397 e. The minimum atomic E-state index is -0.245. The highest BCUT2D eigenvalue weighted by Gasteiger charge is 2.32. The third-order valence-corrected chi connectivity index (χ3v) is 6.95. The highest BCUT2D eigenvalue weighted by atomic mass is 32.1. The molecule has 0 spiro atoms. The van der Waals surface area contributed by atoms with E-state index in [0.29, 0.717) is 54.9 Å². The molecule has 8 nitrogen and oxygen atoms in total. The fourth-order valence-electron chi connectivity index (χ4n) is 4.92. The lowest BCUT2D eigenvalue weighted by Gasteiger charge is -2.19. The monoisotopic (exact) mass is 594 g/mol. The Kier molecular flexibility index (Phi) is 7.36. The van der Waals surface area contributed by atoms with E-state index in [1.807, 2.05) is 4.31 Å². The van der Waals surface area contributed by atoms with Crippen molar-refractivity contribution in [2.45, 2.75) is 0 Å². The van der Waals surface area contributed by atoms with Crippen LogP contribution in [0.3, 0.4) is 0 Å². The molecule has 41 heavy (non-hydrogen) atoms. The number of rotatable bonds is 0. The van der Waals surface area contributed by atoms with Gasteiger partial charge < -0.3 is 21.4 Å². The highest BCUT2D eigenvalue weighted by molar-refractivity contribution is 7.93. The summed E-state index contributed by atoms with van der Waals surface area (Å²) in [5.41, 5.74) is 16.4. The van der Waals surface area contributed by atoms with Crippen LogP contribution >= 0.6 is 36.7 Å². The number of hydrogen-bond acceptors (Lipinski definition) is 9. The maximum absolute atomic E-state index is 12.7. The minimum absolute atomic E-state index is 0.127. The van der Waals surface area contributed by atoms with E-state index < -0.39 is 0 Å². The smallest absolute Gasteiger partial charge is 0.196 e. The van der Waals surface area contributed by atoms with E-state index in [1.54, 1.807) is 72.8 Å². The molecule has 0 unspecified atom stereocenters. The number of hydrogen-bond donors (Lipinski definition) is 4. The van der Waals surface area contributed by atoms with Gasteiger partial charge in [0.1, 0.15) is 0 Å². The molecule has 7 rings (SSSR count). The van der Waals surface area contributed by atoms with Crippen molar-refractivity contribution in [1.82, 2.24) is 9.97 Å². The summed E-state index contributed by atoms with van der Waals surface area (Å²) < 4.78 is 2.35. The van der Waals surface area contributed by atoms with Crippen molar-refractivity contribution >= 4 is 86.5 Å². The second kappa shape index (κ2) is 10.9. The Morgan fingerprint density at radius 2 is 1.00 bits per heavy atom. The number of nitrogen functional groups attached to an aromatic ring is 2. The van der Waals surface area contributed by atoms with Gasteiger partial charge in [-0.3, -0.25) is 19.2 Å². The molecule has 1 heterocycles. The molecule has 0 saturated carbocycles. The predicted octanol–water partition coefficient (Wildman–Crippen LogP) is 5.65. The normalized spacial score (nSPS) is 12.5. The molecule has 2 aliphatic rings. The summed E-state index contributed by atoms with van der Waals surface area (Å²) >= 11 is 13.0. The summed E-state index contributed by atoms with van der Waals surface area (Å²) in [4.78, 5) is 55.7. The maximum atomic E-state index is 12.7. The van der Waals surface area contributed by atoms with E-state index in [1.165, 1.54) is 0 Å². The molecule has 2 aliphatic carbocycles. The Morgan fingerprint density at radius 1 is 0.561 bits per heavy atom. The largest absolute Gasteiger partial charge is 0.397 e. The molecule has 0 amide bonds. The molecule has 0 bridgehead atoms. The van der Waals surface area contributed by atoms with Crippen LogP contribution in [0.1, 0.15) is 63.7 Å². The Balaban J connectivity index is 0.000000151. The number of nitrogens with one attached hydrogen (secondary N) is 2. The van der Waals surface area contributed by atoms with E-state index in [4.69, 9.17) is 23.7 Å². The number of ketones is 4. The van der Waals surface area contributed by atoms with Crippen LogP contribution in [0.15, 0.2) is 72.8 Å². The molecular weight excluding hydrogens is 577 g/mol. The van der Waals surface area contributed by atoms with Crippen LogP contribution in [-0.4, -0.2) is 37.4 Å². The summed E-state index contributed by atoms with van der Waals surface area (Å²) in [6.07, 6.45) is 0. The van der Waals surface area contributed by atoms with Crippen LogP contribution in [0.25, 0.3) is 11.0 Å². The molecule has 11 heteroatoms. The van der Waals surface area contributed by atoms with Crippen molar-refractivity contribution in [2.75, 3.05) is 11.5 Å². The van der Waals surface area contributed by atoms with Crippen LogP contribution in [-0.2, 0) is 0 Å². The number of aromatic nitrogens is 2. The lowest BCUT2D eigenvalue weighted by Crippen LogP contribution is -2.22. The van der Waals surface area contributed by atoms with Crippen LogP contribution in [0, 0.1) is 4.77 Å². The fourth-order valence-corrected chi connectivity index (χ4v) is 5.13. The zero-order valence-electron chi connectivity index (χ0n) is 20.9. The van der Waals surface area contributed by atoms with E-state index in [2.05, 4.69) is 34.4 Å². The Hall–Kier alpha value is -4.93. The van der Waals surface area contributed by atoms with Gasteiger partial charge in [-0.15, -0.1) is 0 Å². The number of aromatic amines is 2. The second-order valence-corrected chi connectivity index (χ2v) is 10.0. The number of nitrogens with two attached hydrogens (primary N) is 2. The van der Waals surface area contributed by atoms with Gasteiger partial charge in [-0.1, -0.05) is 48.5 Å². The van der Waals surface area contributed by atoms with Crippen molar-refractivity contribution < 1.29 is 19.2 Å². The zero-order valence-corrected chi connectivity index (χ0v) is 23.4. The van der Waals surface area contributed by atoms with Crippen molar-refractivity contribution in [1.29, 1.82) is 0 Å². The first-order chi connectivity index (χ1) is 19.7.